The summed E-state index contributed by atoms with van der Waals surface area (Å²) in [6.07, 6.45) is 0.814. The molecule has 1 aromatic rings. The number of nitrogens with one attached hydrogen (secondary N) is 1. The summed E-state index contributed by atoms with van der Waals surface area (Å²) in [7, 11) is 1.82. The molecule has 4 nitrogen and oxygen atoms in total. The number of carbonyl (C=O) groups is 1. The Morgan fingerprint density at radius 3 is 2.14 bits per heavy atom. The van der Waals surface area contributed by atoms with Crippen molar-refractivity contribution < 1.29 is 13.2 Å². The van der Waals surface area contributed by atoms with Gasteiger partial charge in [0.15, 0.2) is 0 Å². The van der Waals surface area contributed by atoms with Gasteiger partial charge in [0.25, 0.3) is 10.0 Å². The van der Waals surface area contributed by atoms with Gasteiger partial charge in [-0.25, -0.2) is 13.1 Å². The summed E-state index contributed by atoms with van der Waals surface area (Å²) >= 11 is 0. The number of hydrogen-bond acceptors (Lipinski definition) is 3. The van der Waals surface area contributed by atoms with Gasteiger partial charge in [0.05, 0.1) is 4.90 Å². The van der Waals surface area contributed by atoms with Crippen LogP contribution in [0.15, 0.2) is 17.0 Å². The van der Waals surface area contributed by atoms with E-state index in [-0.39, 0.29) is 16.7 Å². The highest BCUT2D eigenvalue weighted by Gasteiger charge is 2.26. The summed E-state index contributed by atoms with van der Waals surface area (Å²) in [5.74, 6) is -0.715. The third kappa shape index (κ3) is 4.09. The Kier molecular flexibility index (Phi) is 5.62. The Hall–Kier alpha value is -1.30. The van der Waals surface area contributed by atoms with E-state index < -0.39 is 15.9 Å². The van der Waals surface area contributed by atoms with E-state index in [9.17, 15) is 13.2 Å². The minimum Gasteiger partial charge on any atom is -0.274 e. The molecule has 2 radical (unpaired) electrons. The number of rotatable bonds is 5. The predicted octanol–water partition coefficient (Wildman–Crippen LogP) is 1.58. The standard InChI is InChI=1S/C15H22BNO3S/c1-6-9(2)12(5)15(18)17-21(19,20)14-10(3)7-13(16)8-11(14)4/h7-9,12H,6H2,1-5H3,(H,17,18). The molecule has 1 rings (SSSR count). The molecule has 0 saturated carbocycles. The zero-order chi connectivity index (χ0) is 16.4. The Morgan fingerprint density at radius 2 is 1.71 bits per heavy atom. The Morgan fingerprint density at radius 1 is 1.24 bits per heavy atom. The molecule has 0 bridgehead atoms. The summed E-state index contributed by atoms with van der Waals surface area (Å²) in [5, 5.41) is 0. The zero-order valence-electron chi connectivity index (χ0n) is 13.2. The average molecular weight is 307 g/mol. The van der Waals surface area contributed by atoms with E-state index in [4.69, 9.17) is 7.85 Å². The Balaban J connectivity index is 3.11. The number of aryl methyl sites for hydroxylation is 2. The highest BCUT2D eigenvalue weighted by atomic mass is 32.2. The largest absolute Gasteiger partial charge is 0.274 e. The van der Waals surface area contributed by atoms with Crippen LogP contribution in [-0.4, -0.2) is 22.2 Å². The van der Waals surface area contributed by atoms with Gasteiger partial charge in [0, 0.05) is 5.92 Å². The van der Waals surface area contributed by atoms with Crippen LogP contribution in [0.25, 0.3) is 0 Å². The first kappa shape index (κ1) is 17.8. The lowest BCUT2D eigenvalue weighted by molar-refractivity contribution is -0.124. The van der Waals surface area contributed by atoms with Crippen molar-refractivity contribution >= 4 is 29.2 Å². The third-order valence-corrected chi connectivity index (χ3v) is 5.55. The minimum atomic E-state index is -3.88. The van der Waals surface area contributed by atoms with Crippen LogP contribution in [0.1, 0.15) is 38.3 Å². The Labute approximate surface area is 128 Å². The smallest absolute Gasteiger partial charge is 0.264 e. The van der Waals surface area contributed by atoms with E-state index in [1.165, 1.54) is 0 Å². The van der Waals surface area contributed by atoms with Gasteiger partial charge in [0.2, 0.25) is 5.91 Å². The molecule has 0 aromatic heterocycles. The lowest BCUT2D eigenvalue weighted by Crippen LogP contribution is -2.37. The molecule has 2 unspecified atom stereocenters. The number of amides is 1. The minimum absolute atomic E-state index is 0.119. The van der Waals surface area contributed by atoms with E-state index in [1.54, 1.807) is 32.9 Å². The predicted molar refractivity (Wildman–Crippen MR) is 85.3 cm³/mol. The molecule has 0 fully saturated rings. The van der Waals surface area contributed by atoms with Crippen molar-refractivity contribution in [2.45, 2.75) is 45.9 Å². The van der Waals surface area contributed by atoms with Crippen molar-refractivity contribution in [3.05, 3.63) is 23.3 Å². The number of benzene rings is 1. The molecule has 21 heavy (non-hydrogen) atoms. The van der Waals surface area contributed by atoms with Crippen LogP contribution in [0, 0.1) is 25.7 Å². The molecule has 0 aliphatic heterocycles. The topological polar surface area (TPSA) is 63.2 Å². The summed E-state index contributed by atoms with van der Waals surface area (Å²) in [6, 6.07) is 3.17. The summed E-state index contributed by atoms with van der Waals surface area (Å²) in [6.45, 7) is 8.97. The van der Waals surface area contributed by atoms with Crippen molar-refractivity contribution in [3.8, 4) is 0 Å². The molecule has 0 heterocycles. The molecule has 0 saturated heterocycles. The van der Waals surface area contributed by atoms with Crippen LogP contribution in [0.4, 0.5) is 0 Å². The fraction of sp³-hybridized carbons (Fsp3) is 0.533. The highest BCUT2D eigenvalue weighted by Crippen LogP contribution is 2.20. The third-order valence-electron chi connectivity index (χ3n) is 3.90. The van der Waals surface area contributed by atoms with Crippen molar-refractivity contribution in [2.24, 2.45) is 11.8 Å². The maximum Gasteiger partial charge on any atom is 0.264 e. The van der Waals surface area contributed by atoms with Crippen molar-refractivity contribution in [1.29, 1.82) is 0 Å². The van der Waals surface area contributed by atoms with E-state index >= 15 is 0 Å². The fourth-order valence-electron chi connectivity index (χ4n) is 2.30. The first-order chi connectivity index (χ1) is 9.60. The summed E-state index contributed by atoms with van der Waals surface area (Å²) < 4.78 is 27.1. The zero-order valence-corrected chi connectivity index (χ0v) is 14.0. The average Bonchev–Trinajstić information content (AvgIpc) is 2.34. The number of sulfonamides is 1. The highest BCUT2D eigenvalue weighted by molar-refractivity contribution is 7.90. The second kappa shape index (κ2) is 6.64. The normalized spacial score (nSPS) is 14.5. The molecule has 114 valence electrons. The van der Waals surface area contributed by atoms with Crippen molar-refractivity contribution in [1.82, 2.24) is 4.72 Å². The van der Waals surface area contributed by atoms with E-state index in [2.05, 4.69) is 4.72 Å². The van der Waals surface area contributed by atoms with E-state index in [1.807, 2.05) is 13.8 Å². The molecule has 0 spiro atoms. The number of carbonyl (C=O) groups excluding carboxylic acids is 1. The lowest BCUT2D eigenvalue weighted by atomic mass is 9.93. The van der Waals surface area contributed by atoms with E-state index in [0.717, 1.165) is 6.42 Å². The molecule has 6 heteroatoms. The van der Waals surface area contributed by atoms with Gasteiger partial charge in [0.1, 0.15) is 7.85 Å². The molecular weight excluding hydrogens is 285 g/mol. The molecule has 1 N–H and O–H groups in total. The van der Waals surface area contributed by atoms with Gasteiger partial charge < -0.3 is 0 Å². The van der Waals surface area contributed by atoms with E-state index in [0.29, 0.717) is 16.6 Å². The second-order valence-electron chi connectivity index (χ2n) is 5.63. The van der Waals surface area contributed by atoms with Crippen molar-refractivity contribution in [2.75, 3.05) is 0 Å². The molecule has 2 atom stereocenters. The maximum atomic E-state index is 12.4. The SMILES string of the molecule is [B]c1cc(C)c(S(=O)(=O)NC(=O)C(C)C(C)CC)c(C)c1. The first-order valence-electron chi connectivity index (χ1n) is 7.03. The summed E-state index contributed by atoms with van der Waals surface area (Å²) in [5.41, 5.74) is 1.57. The molecule has 0 aliphatic carbocycles. The van der Waals surface area contributed by atoms with Gasteiger partial charge in [-0.15, -0.1) is 0 Å². The van der Waals surface area contributed by atoms with Crippen LogP contribution in [0.5, 0.6) is 0 Å². The van der Waals surface area contributed by atoms with Crippen LogP contribution >= 0.6 is 0 Å². The van der Waals surface area contributed by atoms with Crippen LogP contribution in [-0.2, 0) is 14.8 Å². The molecular formula is C15H22BNO3S. The maximum absolute atomic E-state index is 12.4. The molecule has 1 amide bonds. The van der Waals surface area contributed by atoms with Crippen LogP contribution in [0.3, 0.4) is 0 Å². The fourth-order valence-corrected chi connectivity index (χ4v) is 3.81. The van der Waals surface area contributed by atoms with Gasteiger partial charge in [-0.05, 0) is 30.9 Å². The van der Waals surface area contributed by atoms with Gasteiger partial charge >= 0.3 is 0 Å². The quantitative estimate of drug-likeness (QED) is 0.840. The van der Waals surface area contributed by atoms with Gasteiger partial charge in [-0.2, -0.15) is 0 Å². The molecule has 0 aliphatic rings. The number of hydrogen-bond donors (Lipinski definition) is 1. The lowest BCUT2D eigenvalue weighted by Gasteiger charge is -2.19. The van der Waals surface area contributed by atoms with Gasteiger partial charge in [-0.3, -0.25) is 4.79 Å². The monoisotopic (exact) mass is 307 g/mol. The van der Waals surface area contributed by atoms with Gasteiger partial charge in [-0.1, -0.05) is 44.8 Å². The van der Waals surface area contributed by atoms with Crippen molar-refractivity contribution in [3.63, 3.8) is 0 Å². The van der Waals surface area contributed by atoms with Crippen LogP contribution in [0.2, 0.25) is 0 Å². The molecule has 1 aromatic carbocycles. The van der Waals surface area contributed by atoms with Crippen LogP contribution < -0.4 is 10.2 Å². The summed E-state index contributed by atoms with van der Waals surface area (Å²) in [4.78, 5) is 12.2. The first-order valence-corrected chi connectivity index (χ1v) is 8.51. The second-order valence-corrected chi connectivity index (χ2v) is 7.25. The Bertz CT molecular complexity index is 617.